The molecule has 0 aliphatic heterocycles. The third-order valence-corrected chi connectivity index (χ3v) is 3.39. The van der Waals surface area contributed by atoms with Gasteiger partial charge in [0.2, 0.25) is 5.95 Å². The largest absolute Gasteiger partial charge is 0.496 e. The fourth-order valence-corrected chi connectivity index (χ4v) is 2.22. The molecule has 0 saturated heterocycles. The van der Waals surface area contributed by atoms with Crippen LogP contribution in [0.1, 0.15) is 24.1 Å². The summed E-state index contributed by atoms with van der Waals surface area (Å²) >= 11 is 0. The van der Waals surface area contributed by atoms with Crippen LogP contribution in [-0.2, 0) is 0 Å². The molecular weight excluding hydrogens is 238 g/mol. The zero-order valence-corrected chi connectivity index (χ0v) is 11.6. The Labute approximate surface area is 113 Å². The van der Waals surface area contributed by atoms with E-state index in [0.717, 1.165) is 28.6 Å². The summed E-state index contributed by atoms with van der Waals surface area (Å²) in [6.45, 7) is 4.07. The van der Waals surface area contributed by atoms with Crippen LogP contribution in [0.3, 0.4) is 0 Å². The van der Waals surface area contributed by atoms with E-state index in [1.54, 1.807) is 7.11 Å². The van der Waals surface area contributed by atoms with Gasteiger partial charge in [0.15, 0.2) is 0 Å². The molecule has 3 rings (SSSR count). The van der Waals surface area contributed by atoms with Gasteiger partial charge in [0.05, 0.1) is 12.8 Å². The number of hydrogen-bond donors (Lipinski definition) is 1. The number of rotatable bonds is 4. The molecule has 0 spiro atoms. The van der Waals surface area contributed by atoms with E-state index < -0.39 is 0 Å². The van der Waals surface area contributed by atoms with Crippen LogP contribution in [0.2, 0.25) is 0 Å². The number of benzene rings is 1. The number of imidazole rings is 1. The molecule has 100 valence electrons. The third kappa shape index (κ3) is 2.43. The number of nitrogens with zero attached hydrogens (tertiary/aromatic N) is 2. The van der Waals surface area contributed by atoms with Crippen molar-refractivity contribution in [3.8, 4) is 11.4 Å². The highest BCUT2D eigenvalue weighted by atomic mass is 16.5. The van der Waals surface area contributed by atoms with Crippen molar-refractivity contribution in [2.75, 3.05) is 12.4 Å². The molecule has 1 aromatic heterocycles. The highest BCUT2D eigenvalue weighted by molar-refractivity contribution is 5.49. The first kappa shape index (κ1) is 12.1. The van der Waals surface area contributed by atoms with E-state index in [0.29, 0.717) is 6.04 Å². The van der Waals surface area contributed by atoms with Crippen molar-refractivity contribution >= 4 is 5.95 Å². The molecule has 0 amide bonds. The van der Waals surface area contributed by atoms with Gasteiger partial charge in [-0.15, -0.1) is 0 Å². The second-order valence-corrected chi connectivity index (χ2v) is 5.15. The molecule has 1 aromatic carbocycles. The van der Waals surface area contributed by atoms with Crippen LogP contribution in [0.5, 0.6) is 5.75 Å². The van der Waals surface area contributed by atoms with Crippen molar-refractivity contribution in [3.63, 3.8) is 0 Å². The van der Waals surface area contributed by atoms with Gasteiger partial charge in [0, 0.05) is 17.9 Å². The van der Waals surface area contributed by atoms with Gasteiger partial charge in [0.1, 0.15) is 5.75 Å². The molecule has 1 aliphatic rings. The van der Waals surface area contributed by atoms with Crippen LogP contribution in [0.4, 0.5) is 5.95 Å². The van der Waals surface area contributed by atoms with Gasteiger partial charge in [-0.05, 0) is 50.5 Å². The van der Waals surface area contributed by atoms with E-state index >= 15 is 0 Å². The van der Waals surface area contributed by atoms with Gasteiger partial charge in [-0.1, -0.05) is 0 Å². The summed E-state index contributed by atoms with van der Waals surface area (Å²) in [6.07, 6.45) is 4.55. The van der Waals surface area contributed by atoms with Crippen LogP contribution in [0.25, 0.3) is 5.69 Å². The first-order chi connectivity index (χ1) is 9.17. The molecule has 0 atom stereocenters. The SMILES string of the molecule is COc1ccc(-n2cc(C)nc2NC2CC2)cc1C. The Bertz CT molecular complexity index is 599. The number of ether oxygens (including phenoxy) is 1. The molecule has 1 saturated carbocycles. The maximum absolute atomic E-state index is 5.31. The Balaban J connectivity index is 1.98. The summed E-state index contributed by atoms with van der Waals surface area (Å²) in [5, 5.41) is 3.47. The second-order valence-electron chi connectivity index (χ2n) is 5.15. The van der Waals surface area contributed by atoms with Crippen LogP contribution in [0.15, 0.2) is 24.4 Å². The molecule has 4 nitrogen and oxygen atoms in total. The predicted octanol–water partition coefficient (Wildman–Crippen LogP) is 3.07. The van der Waals surface area contributed by atoms with Crippen molar-refractivity contribution in [2.24, 2.45) is 0 Å². The highest BCUT2D eigenvalue weighted by Crippen LogP contribution is 2.27. The molecule has 19 heavy (non-hydrogen) atoms. The fraction of sp³-hybridized carbons (Fsp3) is 0.400. The molecule has 0 bridgehead atoms. The summed E-state index contributed by atoms with van der Waals surface area (Å²) < 4.78 is 7.42. The standard InChI is InChI=1S/C15H19N3O/c1-10-8-13(6-7-14(10)19-3)18-9-11(2)16-15(18)17-12-4-5-12/h6-9,12H,4-5H2,1-3H3,(H,16,17). The van der Waals surface area contributed by atoms with E-state index in [9.17, 15) is 0 Å². The van der Waals surface area contributed by atoms with Crippen LogP contribution in [-0.4, -0.2) is 22.7 Å². The Kier molecular flexibility index (Phi) is 2.93. The van der Waals surface area contributed by atoms with E-state index in [-0.39, 0.29) is 0 Å². The molecule has 1 heterocycles. The van der Waals surface area contributed by atoms with Gasteiger partial charge >= 0.3 is 0 Å². The smallest absolute Gasteiger partial charge is 0.207 e. The van der Waals surface area contributed by atoms with E-state index in [4.69, 9.17) is 4.74 Å². The molecular formula is C15H19N3O. The number of hydrogen-bond acceptors (Lipinski definition) is 3. The first-order valence-corrected chi connectivity index (χ1v) is 6.65. The molecule has 0 radical (unpaired) electrons. The van der Waals surface area contributed by atoms with Crippen LogP contribution < -0.4 is 10.1 Å². The van der Waals surface area contributed by atoms with Crippen molar-refractivity contribution in [2.45, 2.75) is 32.7 Å². The number of aryl methyl sites for hydroxylation is 2. The third-order valence-electron chi connectivity index (χ3n) is 3.39. The lowest BCUT2D eigenvalue weighted by Crippen LogP contribution is -2.07. The van der Waals surface area contributed by atoms with Crippen molar-refractivity contribution in [1.29, 1.82) is 0 Å². The normalized spacial score (nSPS) is 14.5. The number of anilines is 1. The maximum atomic E-state index is 5.31. The Morgan fingerprint density at radius 2 is 2.11 bits per heavy atom. The van der Waals surface area contributed by atoms with Gasteiger partial charge < -0.3 is 10.1 Å². The summed E-state index contributed by atoms with van der Waals surface area (Å²) in [7, 11) is 1.70. The minimum atomic E-state index is 0.597. The monoisotopic (exact) mass is 257 g/mol. The Morgan fingerprint density at radius 1 is 1.32 bits per heavy atom. The quantitative estimate of drug-likeness (QED) is 0.915. The maximum Gasteiger partial charge on any atom is 0.207 e. The fourth-order valence-electron chi connectivity index (χ4n) is 2.22. The van der Waals surface area contributed by atoms with Gasteiger partial charge in [-0.25, -0.2) is 4.98 Å². The summed E-state index contributed by atoms with van der Waals surface area (Å²) in [5.41, 5.74) is 3.27. The summed E-state index contributed by atoms with van der Waals surface area (Å²) in [4.78, 5) is 4.56. The number of nitrogens with one attached hydrogen (secondary N) is 1. The Hall–Kier alpha value is -1.97. The number of aromatic nitrogens is 2. The topological polar surface area (TPSA) is 39.1 Å². The van der Waals surface area contributed by atoms with Crippen LogP contribution in [0, 0.1) is 13.8 Å². The zero-order chi connectivity index (χ0) is 13.4. The summed E-state index contributed by atoms with van der Waals surface area (Å²) in [6, 6.07) is 6.78. The van der Waals surface area contributed by atoms with E-state index in [1.165, 1.54) is 12.8 Å². The second kappa shape index (κ2) is 4.61. The molecule has 2 aromatic rings. The van der Waals surface area contributed by atoms with Crippen molar-refractivity contribution in [3.05, 3.63) is 35.7 Å². The minimum absolute atomic E-state index is 0.597. The van der Waals surface area contributed by atoms with Gasteiger partial charge in [0.25, 0.3) is 0 Å². The van der Waals surface area contributed by atoms with E-state index in [2.05, 4.69) is 40.1 Å². The minimum Gasteiger partial charge on any atom is -0.496 e. The zero-order valence-electron chi connectivity index (χ0n) is 11.6. The number of methoxy groups -OCH3 is 1. The van der Waals surface area contributed by atoms with Crippen LogP contribution >= 0.6 is 0 Å². The molecule has 0 unspecified atom stereocenters. The van der Waals surface area contributed by atoms with Crippen molar-refractivity contribution in [1.82, 2.24) is 9.55 Å². The summed E-state index contributed by atoms with van der Waals surface area (Å²) in [5.74, 6) is 1.85. The predicted molar refractivity (Wildman–Crippen MR) is 76.2 cm³/mol. The van der Waals surface area contributed by atoms with E-state index in [1.807, 2.05) is 13.0 Å². The lowest BCUT2D eigenvalue weighted by Gasteiger charge is -2.11. The average Bonchev–Trinajstić information content (AvgIpc) is 3.12. The first-order valence-electron chi connectivity index (χ1n) is 6.65. The van der Waals surface area contributed by atoms with Crippen molar-refractivity contribution < 1.29 is 4.74 Å². The molecule has 1 N–H and O–H groups in total. The lowest BCUT2D eigenvalue weighted by atomic mass is 10.2. The lowest BCUT2D eigenvalue weighted by molar-refractivity contribution is 0.411. The Morgan fingerprint density at radius 3 is 2.74 bits per heavy atom. The molecule has 1 fully saturated rings. The highest BCUT2D eigenvalue weighted by Gasteiger charge is 2.23. The van der Waals surface area contributed by atoms with Gasteiger partial charge in [-0.2, -0.15) is 0 Å². The average molecular weight is 257 g/mol. The molecule has 4 heteroatoms. The van der Waals surface area contributed by atoms with Gasteiger partial charge in [-0.3, -0.25) is 4.57 Å². The molecule has 1 aliphatic carbocycles.